The first-order valence-corrected chi connectivity index (χ1v) is 6.73. The predicted molar refractivity (Wildman–Crippen MR) is 70.8 cm³/mol. The molecule has 0 aliphatic heterocycles. The number of carbonyl (C=O) groups is 2. The molecule has 1 rings (SSSR count). The average molecular weight is 272 g/mol. The highest BCUT2D eigenvalue weighted by atomic mass is 16.5. The summed E-state index contributed by atoms with van der Waals surface area (Å²) in [6.07, 6.45) is 1.74. The Morgan fingerprint density at radius 1 is 1.26 bits per heavy atom. The molecule has 2 N–H and O–H groups in total. The monoisotopic (exact) mass is 272 g/mol. The number of amides is 1. The number of rotatable bonds is 8. The van der Waals surface area contributed by atoms with Crippen LogP contribution in [-0.2, 0) is 14.3 Å². The largest absolute Gasteiger partial charge is 0.481 e. The fourth-order valence-electron chi connectivity index (χ4n) is 2.18. The molecule has 1 fully saturated rings. The van der Waals surface area contributed by atoms with Crippen molar-refractivity contribution in [2.75, 3.05) is 40.4 Å². The van der Waals surface area contributed by atoms with Gasteiger partial charge >= 0.3 is 5.97 Å². The number of nitrogens with one attached hydrogen (secondary N) is 1. The number of nitrogens with zero attached hydrogens (tertiary/aromatic N) is 1. The van der Waals surface area contributed by atoms with E-state index >= 15 is 0 Å². The Bertz CT molecular complexity index is 307. The van der Waals surface area contributed by atoms with E-state index in [1.807, 2.05) is 19.0 Å². The van der Waals surface area contributed by atoms with Crippen LogP contribution < -0.4 is 5.32 Å². The quantitative estimate of drug-likeness (QED) is 0.616. The topological polar surface area (TPSA) is 78.9 Å². The summed E-state index contributed by atoms with van der Waals surface area (Å²) >= 11 is 0. The van der Waals surface area contributed by atoms with Crippen molar-refractivity contribution in [2.45, 2.75) is 19.3 Å². The van der Waals surface area contributed by atoms with Crippen LogP contribution in [-0.4, -0.2) is 62.3 Å². The third-order valence-electron chi connectivity index (χ3n) is 3.38. The Balaban J connectivity index is 2.07. The van der Waals surface area contributed by atoms with Crippen LogP contribution in [0.25, 0.3) is 0 Å². The van der Waals surface area contributed by atoms with Gasteiger partial charge in [0, 0.05) is 19.0 Å². The number of likely N-dealkylation sites (N-methyl/N-ethyl adjacent to an activating group) is 1. The molecule has 2 unspecified atom stereocenters. The second-order valence-electron chi connectivity index (χ2n) is 5.25. The summed E-state index contributed by atoms with van der Waals surface area (Å²) in [4.78, 5) is 24.6. The summed E-state index contributed by atoms with van der Waals surface area (Å²) in [6, 6.07) is 0. The summed E-state index contributed by atoms with van der Waals surface area (Å²) < 4.78 is 5.37. The molecule has 1 amide bonds. The first-order chi connectivity index (χ1) is 9.00. The zero-order valence-corrected chi connectivity index (χ0v) is 11.7. The van der Waals surface area contributed by atoms with Gasteiger partial charge < -0.3 is 20.1 Å². The van der Waals surface area contributed by atoms with Crippen molar-refractivity contribution >= 4 is 11.9 Å². The van der Waals surface area contributed by atoms with Gasteiger partial charge in [-0.1, -0.05) is 0 Å². The number of carboxylic acids is 1. The second kappa shape index (κ2) is 8.12. The molecule has 6 nitrogen and oxygen atoms in total. The summed E-state index contributed by atoms with van der Waals surface area (Å²) in [5.74, 6) is -1.34. The van der Waals surface area contributed by atoms with Crippen LogP contribution in [0, 0.1) is 11.8 Å². The Morgan fingerprint density at radius 2 is 1.95 bits per heavy atom. The van der Waals surface area contributed by atoms with Gasteiger partial charge in [-0.25, -0.2) is 0 Å². The number of hydrogen-bond acceptors (Lipinski definition) is 4. The molecular weight excluding hydrogens is 248 g/mol. The van der Waals surface area contributed by atoms with Gasteiger partial charge in [-0.15, -0.1) is 0 Å². The molecule has 0 saturated heterocycles. The standard InChI is InChI=1S/C13H24N2O4/c1-15(2)6-8-19-7-5-14-12(16)10-3-4-11(9-10)13(17)18/h10-11H,3-9H2,1-2H3,(H,14,16)(H,17,18). The van der Waals surface area contributed by atoms with Crippen LogP contribution in [0.2, 0.25) is 0 Å². The lowest BCUT2D eigenvalue weighted by Crippen LogP contribution is -2.33. The predicted octanol–water partition coefficient (Wildman–Crippen LogP) is 0.182. The molecule has 2 atom stereocenters. The molecule has 0 spiro atoms. The van der Waals surface area contributed by atoms with Crippen molar-refractivity contribution in [1.29, 1.82) is 0 Å². The van der Waals surface area contributed by atoms with Gasteiger partial charge in [-0.3, -0.25) is 9.59 Å². The molecule has 0 aromatic carbocycles. The molecule has 0 heterocycles. The highest BCUT2D eigenvalue weighted by Gasteiger charge is 2.33. The molecule has 0 aromatic rings. The Hall–Kier alpha value is -1.14. The van der Waals surface area contributed by atoms with E-state index in [0.29, 0.717) is 39.0 Å². The molecule has 110 valence electrons. The maximum atomic E-state index is 11.8. The van der Waals surface area contributed by atoms with Gasteiger partial charge in [0.05, 0.1) is 19.1 Å². The van der Waals surface area contributed by atoms with E-state index in [1.54, 1.807) is 0 Å². The van der Waals surface area contributed by atoms with E-state index in [0.717, 1.165) is 6.54 Å². The van der Waals surface area contributed by atoms with E-state index in [-0.39, 0.29) is 17.7 Å². The molecule has 0 aromatic heterocycles. The molecule has 6 heteroatoms. The van der Waals surface area contributed by atoms with Gasteiger partial charge in [0.25, 0.3) is 0 Å². The zero-order chi connectivity index (χ0) is 14.3. The highest BCUT2D eigenvalue weighted by Crippen LogP contribution is 2.30. The summed E-state index contributed by atoms with van der Waals surface area (Å²) in [6.45, 7) is 2.49. The van der Waals surface area contributed by atoms with Crippen LogP contribution in [0.1, 0.15) is 19.3 Å². The van der Waals surface area contributed by atoms with Crippen molar-refractivity contribution in [3.63, 3.8) is 0 Å². The molecular formula is C13H24N2O4. The van der Waals surface area contributed by atoms with E-state index in [1.165, 1.54) is 0 Å². The van der Waals surface area contributed by atoms with E-state index < -0.39 is 5.97 Å². The van der Waals surface area contributed by atoms with E-state index in [4.69, 9.17) is 9.84 Å². The lowest BCUT2D eigenvalue weighted by molar-refractivity contribution is -0.141. The van der Waals surface area contributed by atoms with Gasteiger partial charge in [0.1, 0.15) is 0 Å². The number of carbonyl (C=O) groups excluding carboxylic acids is 1. The SMILES string of the molecule is CN(C)CCOCCNC(=O)C1CCC(C(=O)O)C1. The molecule has 19 heavy (non-hydrogen) atoms. The van der Waals surface area contributed by atoms with Crippen LogP contribution >= 0.6 is 0 Å². The van der Waals surface area contributed by atoms with E-state index in [9.17, 15) is 9.59 Å². The number of aliphatic carboxylic acids is 1. The Kier molecular flexibility index (Phi) is 6.80. The van der Waals surface area contributed by atoms with Gasteiger partial charge in [0.2, 0.25) is 5.91 Å². The summed E-state index contributed by atoms with van der Waals surface area (Å²) in [7, 11) is 3.95. The lowest BCUT2D eigenvalue weighted by Gasteiger charge is -2.12. The van der Waals surface area contributed by atoms with Crippen molar-refractivity contribution in [3.05, 3.63) is 0 Å². The third kappa shape index (κ3) is 6.02. The third-order valence-corrected chi connectivity index (χ3v) is 3.38. The normalized spacial score (nSPS) is 22.7. The van der Waals surface area contributed by atoms with Crippen LogP contribution in [0.15, 0.2) is 0 Å². The molecule has 1 saturated carbocycles. The Labute approximate surface area is 114 Å². The first-order valence-electron chi connectivity index (χ1n) is 6.73. The summed E-state index contributed by atoms with van der Waals surface area (Å²) in [5, 5.41) is 11.7. The van der Waals surface area contributed by atoms with E-state index in [2.05, 4.69) is 5.32 Å². The van der Waals surface area contributed by atoms with Crippen molar-refractivity contribution in [2.24, 2.45) is 11.8 Å². The average Bonchev–Trinajstić information content (AvgIpc) is 2.82. The molecule has 0 bridgehead atoms. The van der Waals surface area contributed by atoms with Crippen molar-refractivity contribution in [3.8, 4) is 0 Å². The number of carboxylic acid groups (broad SMARTS) is 1. The van der Waals surface area contributed by atoms with Gasteiger partial charge in [-0.05, 0) is 33.4 Å². The Morgan fingerprint density at radius 3 is 2.53 bits per heavy atom. The fourth-order valence-corrected chi connectivity index (χ4v) is 2.18. The highest BCUT2D eigenvalue weighted by molar-refractivity contribution is 5.80. The maximum Gasteiger partial charge on any atom is 0.306 e. The maximum absolute atomic E-state index is 11.8. The first kappa shape index (κ1) is 15.9. The minimum Gasteiger partial charge on any atom is -0.481 e. The van der Waals surface area contributed by atoms with Crippen LogP contribution in [0.4, 0.5) is 0 Å². The molecule has 1 aliphatic rings. The smallest absolute Gasteiger partial charge is 0.306 e. The van der Waals surface area contributed by atoms with Crippen molar-refractivity contribution < 1.29 is 19.4 Å². The minimum atomic E-state index is -0.790. The summed E-state index contributed by atoms with van der Waals surface area (Å²) in [5.41, 5.74) is 0. The molecule has 1 aliphatic carbocycles. The van der Waals surface area contributed by atoms with Crippen LogP contribution in [0.5, 0.6) is 0 Å². The van der Waals surface area contributed by atoms with Crippen LogP contribution in [0.3, 0.4) is 0 Å². The second-order valence-corrected chi connectivity index (χ2v) is 5.25. The number of ether oxygens (including phenoxy) is 1. The lowest BCUT2D eigenvalue weighted by atomic mass is 10.0. The van der Waals surface area contributed by atoms with Gasteiger partial charge in [0.15, 0.2) is 0 Å². The fraction of sp³-hybridized carbons (Fsp3) is 0.846. The molecule has 0 radical (unpaired) electrons. The van der Waals surface area contributed by atoms with Crippen molar-refractivity contribution in [1.82, 2.24) is 10.2 Å². The van der Waals surface area contributed by atoms with Gasteiger partial charge in [-0.2, -0.15) is 0 Å². The number of hydrogen-bond donors (Lipinski definition) is 2. The zero-order valence-electron chi connectivity index (χ0n) is 11.7. The minimum absolute atomic E-state index is 0.0417.